The van der Waals surface area contributed by atoms with Crippen LogP contribution < -0.4 is 5.32 Å². The molecule has 0 spiro atoms. The van der Waals surface area contributed by atoms with E-state index >= 15 is 0 Å². The van der Waals surface area contributed by atoms with Crippen molar-refractivity contribution in [1.82, 2.24) is 4.98 Å². The number of anilines is 1. The summed E-state index contributed by atoms with van der Waals surface area (Å²) in [7, 11) is -0.788. The molecule has 0 aromatic carbocycles. The third-order valence-corrected chi connectivity index (χ3v) is 3.63. The van der Waals surface area contributed by atoms with Crippen molar-refractivity contribution in [2.24, 2.45) is 0 Å². The van der Waals surface area contributed by atoms with Gasteiger partial charge < -0.3 is 5.32 Å². The van der Waals surface area contributed by atoms with E-state index < -0.39 is 10.8 Å². The number of aromatic nitrogens is 1. The first-order valence-electron chi connectivity index (χ1n) is 4.27. The fraction of sp³-hybridized carbons (Fsp3) is 0.444. The summed E-state index contributed by atoms with van der Waals surface area (Å²) in [4.78, 5) is 4.15. The Labute approximate surface area is 94.9 Å². The molecule has 5 heteroatoms. The van der Waals surface area contributed by atoms with Gasteiger partial charge in [0.15, 0.2) is 0 Å². The van der Waals surface area contributed by atoms with Gasteiger partial charge in [-0.15, -0.1) is 0 Å². The average Bonchev–Trinajstić information content (AvgIpc) is 2.16. The van der Waals surface area contributed by atoms with Crippen LogP contribution in [0.15, 0.2) is 22.8 Å². The molecule has 0 saturated carbocycles. The van der Waals surface area contributed by atoms with Gasteiger partial charge in [0.25, 0.3) is 0 Å². The van der Waals surface area contributed by atoms with Crippen molar-refractivity contribution in [3.63, 3.8) is 0 Å². The normalized spacial score (nSPS) is 14.8. The molecule has 1 aromatic rings. The summed E-state index contributed by atoms with van der Waals surface area (Å²) in [5.41, 5.74) is 0. The van der Waals surface area contributed by atoms with Crippen LogP contribution in [0.25, 0.3) is 0 Å². The maximum atomic E-state index is 11.1. The first kappa shape index (κ1) is 11.7. The molecular weight excluding hydrogens is 264 g/mol. The highest BCUT2D eigenvalue weighted by Gasteiger charge is 2.05. The Morgan fingerprint density at radius 3 is 2.86 bits per heavy atom. The zero-order valence-electron chi connectivity index (χ0n) is 8.16. The molecule has 0 aliphatic heterocycles. The van der Waals surface area contributed by atoms with E-state index in [4.69, 9.17) is 0 Å². The lowest BCUT2D eigenvalue weighted by Crippen LogP contribution is -2.20. The summed E-state index contributed by atoms with van der Waals surface area (Å²) in [6, 6.07) is 3.80. The minimum Gasteiger partial charge on any atom is -0.369 e. The minimum atomic E-state index is -0.788. The molecule has 0 saturated heterocycles. The molecule has 1 N–H and O–H groups in total. The predicted molar refractivity (Wildman–Crippen MR) is 64.0 cm³/mol. The van der Waals surface area contributed by atoms with E-state index in [2.05, 4.69) is 26.2 Å². The van der Waals surface area contributed by atoms with Gasteiger partial charge in [-0.1, -0.05) is 0 Å². The predicted octanol–water partition coefficient (Wildman–Crippen LogP) is 2.02. The lowest BCUT2D eigenvalue weighted by Gasteiger charge is -2.09. The summed E-state index contributed by atoms with van der Waals surface area (Å²) >= 11 is 3.31. The van der Waals surface area contributed by atoms with Gasteiger partial charge in [-0.3, -0.25) is 4.21 Å². The van der Waals surface area contributed by atoms with Crippen molar-refractivity contribution in [2.45, 2.75) is 12.2 Å². The van der Waals surface area contributed by atoms with E-state index in [1.807, 2.05) is 19.1 Å². The van der Waals surface area contributed by atoms with Crippen LogP contribution in [0.3, 0.4) is 0 Å². The molecule has 1 aromatic heterocycles. The minimum absolute atomic E-state index is 0.139. The zero-order valence-corrected chi connectivity index (χ0v) is 10.6. The number of pyridine rings is 1. The standard InChI is InChI=1S/C9H13BrN2OS/c1-7(14(2)13)5-11-9-4-3-8(10)6-12-9/h3-4,6-7H,5H2,1-2H3,(H,11,12). The quantitative estimate of drug-likeness (QED) is 0.915. The summed E-state index contributed by atoms with van der Waals surface area (Å²) in [5, 5.41) is 3.27. The van der Waals surface area contributed by atoms with Gasteiger partial charge in [0.1, 0.15) is 5.82 Å². The third kappa shape index (κ3) is 3.75. The summed E-state index contributed by atoms with van der Waals surface area (Å²) < 4.78 is 12.0. The summed E-state index contributed by atoms with van der Waals surface area (Å²) in [6.45, 7) is 2.62. The maximum Gasteiger partial charge on any atom is 0.125 e. The van der Waals surface area contributed by atoms with Gasteiger partial charge in [0.2, 0.25) is 0 Å². The first-order chi connectivity index (χ1) is 6.59. The van der Waals surface area contributed by atoms with Gasteiger partial charge in [-0.2, -0.15) is 0 Å². The van der Waals surface area contributed by atoms with E-state index in [0.717, 1.165) is 10.3 Å². The van der Waals surface area contributed by atoms with Crippen LogP contribution in [0.5, 0.6) is 0 Å². The molecule has 2 unspecified atom stereocenters. The van der Waals surface area contributed by atoms with Crippen molar-refractivity contribution < 1.29 is 4.21 Å². The number of halogens is 1. The Balaban J connectivity index is 2.46. The van der Waals surface area contributed by atoms with Crippen LogP contribution >= 0.6 is 15.9 Å². The van der Waals surface area contributed by atoms with Gasteiger partial charge in [0.05, 0.1) is 0 Å². The lowest BCUT2D eigenvalue weighted by atomic mass is 10.4. The van der Waals surface area contributed by atoms with Crippen LogP contribution in [-0.2, 0) is 10.8 Å². The molecule has 0 radical (unpaired) electrons. The van der Waals surface area contributed by atoms with Gasteiger partial charge in [0, 0.05) is 39.5 Å². The van der Waals surface area contributed by atoms with Crippen molar-refractivity contribution in [3.8, 4) is 0 Å². The van der Waals surface area contributed by atoms with E-state index in [-0.39, 0.29) is 5.25 Å². The molecule has 78 valence electrons. The Bertz CT molecular complexity index is 315. The molecule has 0 aliphatic carbocycles. The van der Waals surface area contributed by atoms with E-state index in [1.165, 1.54) is 0 Å². The highest BCUT2D eigenvalue weighted by atomic mass is 79.9. The van der Waals surface area contributed by atoms with Crippen molar-refractivity contribution in [3.05, 3.63) is 22.8 Å². The molecule has 2 atom stereocenters. The zero-order chi connectivity index (χ0) is 10.6. The number of nitrogens with one attached hydrogen (secondary N) is 1. The molecule has 0 amide bonds. The van der Waals surface area contributed by atoms with Gasteiger partial charge in [-0.25, -0.2) is 4.98 Å². The molecule has 1 rings (SSSR count). The molecule has 0 fully saturated rings. The molecular formula is C9H13BrN2OS. The largest absolute Gasteiger partial charge is 0.369 e. The second kappa shape index (κ2) is 5.46. The van der Waals surface area contributed by atoms with Crippen LogP contribution in [0.2, 0.25) is 0 Å². The SMILES string of the molecule is CC(CNc1ccc(Br)cn1)S(C)=O. The Kier molecular flexibility index (Phi) is 4.54. The Hall–Kier alpha value is -0.420. The highest BCUT2D eigenvalue weighted by molar-refractivity contribution is 9.10. The Morgan fingerprint density at radius 1 is 1.64 bits per heavy atom. The molecule has 0 bridgehead atoms. The van der Waals surface area contributed by atoms with Crippen LogP contribution in [0, 0.1) is 0 Å². The summed E-state index contributed by atoms with van der Waals surface area (Å²) in [5.74, 6) is 0.811. The topological polar surface area (TPSA) is 42.0 Å². The van der Waals surface area contributed by atoms with Crippen LogP contribution in [0.4, 0.5) is 5.82 Å². The fourth-order valence-corrected chi connectivity index (χ4v) is 1.40. The van der Waals surface area contributed by atoms with Gasteiger partial charge in [-0.05, 0) is 35.0 Å². The third-order valence-electron chi connectivity index (χ3n) is 1.86. The van der Waals surface area contributed by atoms with E-state index in [0.29, 0.717) is 6.54 Å². The number of hydrogen-bond donors (Lipinski definition) is 1. The van der Waals surface area contributed by atoms with Crippen molar-refractivity contribution in [1.29, 1.82) is 0 Å². The molecule has 0 aliphatic rings. The smallest absolute Gasteiger partial charge is 0.125 e. The van der Waals surface area contributed by atoms with Crippen LogP contribution in [0.1, 0.15) is 6.92 Å². The van der Waals surface area contributed by atoms with Crippen LogP contribution in [-0.4, -0.2) is 27.2 Å². The number of rotatable bonds is 4. The number of nitrogens with zero attached hydrogens (tertiary/aromatic N) is 1. The van der Waals surface area contributed by atoms with Gasteiger partial charge >= 0.3 is 0 Å². The highest BCUT2D eigenvalue weighted by Crippen LogP contribution is 2.10. The van der Waals surface area contributed by atoms with E-state index in [1.54, 1.807) is 12.5 Å². The second-order valence-corrected chi connectivity index (χ2v) is 5.77. The van der Waals surface area contributed by atoms with Crippen molar-refractivity contribution >= 4 is 32.5 Å². The Morgan fingerprint density at radius 2 is 2.36 bits per heavy atom. The molecule has 1 heterocycles. The molecule has 3 nitrogen and oxygen atoms in total. The van der Waals surface area contributed by atoms with E-state index in [9.17, 15) is 4.21 Å². The number of hydrogen-bond acceptors (Lipinski definition) is 3. The average molecular weight is 277 g/mol. The summed E-state index contributed by atoms with van der Waals surface area (Å²) in [6.07, 6.45) is 3.44. The molecule has 14 heavy (non-hydrogen) atoms. The lowest BCUT2D eigenvalue weighted by molar-refractivity contribution is 0.679. The monoisotopic (exact) mass is 276 g/mol. The first-order valence-corrected chi connectivity index (χ1v) is 6.68. The van der Waals surface area contributed by atoms with Crippen molar-refractivity contribution in [2.75, 3.05) is 18.1 Å². The fourth-order valence-electron chi connectivity index (χ4n) is 0.846. The maximum absolute atomic E-state index is 11.1. The second-order valence-electron chi connectivity index (χ2n) is 3.05.